The molecular weight excluding hydrogens is 368 g/mol. The van der Waals surface area contributed by atoms with Crippen LogP contribution >= 0.6 is 0 Å². The predicted octanol–water partition coefficient (Wildman–Crippen LogP) is 3.44. The number of nitrogens with zero attached hydrogens (tertiary/aromatic N) is 1. The van der Waals surface area contributed by atoms with E-state index in [-0.39, 0.29) is 11.6 Å². The van der Waals surface area contributed by atoms with E-state index in [4.69, 9.17) is 14.2 Å². The summed E-state index contributed by atoms with van der Waals surface area (Å²) in [6.45, 7) is 4.04. The summed E-state index contributed by atoms with van der Waals surface area (Å²) in [6.07, 6.45) is 1.70. The summed E-state index contributed by atoms with van der Waals surface area (Å²) in [5.74, 6) is 0.836. The molecule has 29 heavy (non-hydrogen) atoms. The van der Waals surface area contributed by atoms with Crippen LogP contribution in [0.5, 0.6) is 5.75 Å². The van der Waals surface area contributed by atoms with E-state index in [9.17, 15) is 4.79 Å². The summed E-state index contributed by atoms with van der Waals surface area (Å²) in [5.41, 5.74) is 3.06. The Balaban J connectivity index is 1.37. The number of carbonyl (C=O) groups excluding carboxylic acids is 1. The highest BCUT2D eigenvalue weighted by molar-refractivity contribution is 5.76. The molecule has 0 bridgehead atoms. The zero-order valence-corrected chi connectivity index (χ0v) is 16.9. The summed E-state index contributed by atoms with van der Waals surface area (Å²) >= 11 is 0. The fraction of sp³-hybridized carbons (Fsp3) is 0.435. The minimum atomic E-state index is -0.291. The molecular formula is C23H28N2O4. The van der Waals surface area contributed by atoms with Crippen LogP contribution in [0.1, 0.15) is 29.5 Å². The molecule has 2 aliphatic heterocycles. The molecule has 0 atom stereocenters. The number of hydrogen-bond acceptors (Lipinski definition) is 4. The van der Waals surface area contributed by atoms with Crippen LogP contribution in [0.3, 0.4) is 0 Å². The molecule has 0 spiro atoms. The number of carbonyl (C=O) groups is 1. The quantitative estimate of drug-likeness (QED) is 0.779. The first-order valence-corrected chi connectivity index (χ1v) is 10.2. The van der Waals surface area contributed by atoms with Gasteiger partial charge in [-0.25, -0.2) is 4.79 Å². The first-order chi connectivity index (χ1) is 14.2. The van der Waals surface area contributed by atoms with Crippen LogP contribution in [0.4, 0.5) is 4.79 Å². The van der Waals surface area contributed by atoms with Crippen molar-refractivity contribution < 1.29 is 19.0 Å². The lowest BCUT2D eigenvalue weighted by Crippen LogP contribution is -2.35. The average molecular weight is 396 g/mol. The Morgan fingerprint density at radius 2 is 1.86 bits per heavy atom. The van der Waals surface area contributed by atoms with E-state index < -0.39 is 0 Å². The summed E-state index contributed by atoms with van der Waals surface area (Å²) in [7, 11) is 1.77. The van der Waals surface area contributed by atoms with Crippen LogP contribution in [0.15, 0.2) is 48.5 Å². The Morgan fingerprint density at radius 1 is 1.10 bits per heavy atom. The molecule has 154 valence electrons. The Labute approximate surface area is 171 Å². The Hall–Kier alpha value is -2.57. The minimum Gasteiger partial charge on any atom is -0.489 e. The fourth-order valence-electron chi connectivity index (χ4n) is 3.97. The number of rotatable bonds is 7. The van der Waals surface area contributed by atoms with E-state index >= 15 is 0 Å². The van der Waals surface area contributed by atoms with Gasteiger partial charge in [0, 0.05) is 52.8 Å². The van der Waals surface area contributed by atoms with Crippen molar-refractivity contribution in [3.63, 3.8) is 0 Å². The molecule has 2 saturated heterocycles. The van der Waals surface area contributed by atoms with Crippen LogP contribution in [-0.4, -0.2) is 44.3 Å². The first kappa shape index (κ1) is 19.7. The molecule has 2 amide bonds. The van der Waals surface area contributed by atoms with Gasteiger partial charge in [0.25, 0.3) is 0 Å². The van der Waals surface area contributed by atoms with Gasteiger partial charge in [-0.2, -0.15) is 0 Å². The second-order valence-corrected chi connectivity index (χ2v) is 7.60. The second kappa shape index (κ2) is 8.84. The van der Waals surface area contributed by atoms with Gasteiger partial charge in [0.05, 0.1) is 5.60 Å². The van der Waals surface area contributed by atoms with Crippen LogP contribution in [0.2, 0.25) is 0 Å². The number of hydrogen-bond donors (Lipinski definition) is 1. The average Bonchev–Trinajstić information content (AvgIpc) is 3.18. The topological polar surface area (TPSA) is 60.0 Å². The standard InChI is InChI=1S/C23H28N2O4/c1-27-23(9-13-28-14-10-23)20-3-2-4-21(15-20)29-17-19-7-5-18(6-8-19)16-25-12-11-24-22(25)26/h2-8,15H,9-14,16-17H2,1H3,(H,24,26). The third kappa shape index (κ3) is 4.54. The molecule has 0 unspecified atom stereocenters. The first-order valence-electron chi connectivity index (χ1n) is 10.2. The molecule has 0 aromatic heterocycles. The highest BCUT2D eigenvalue weighted by Gasteiger charge is 2.34. The molecule has 0 saturated carbocycles. The molecule has 2 fully saturated rings. The second-order valence-electron chi connectivity index (χ2n) is 7.60. The SMILES string of the molecule is COC1(c2cccc(OCc3ccc(CN4CCNC4=O)cc3)c2)CCOCC1. The lowest BCUT2D eigenvalue weighted by Gasteiger charge is -2.36. The van der Waals surface area contributed by atoms with Gasteiger partial charge in [0.2, 0.25) is 0 Å². The highest BCUT2D eigenvalue weighted by Crippen LogP contribution is 2.36. The summed E-state index contributed by atoms with van der Waals surface area (Å²) in [4.78, 5) is 13.5. The zero-order valence-electron chi connectivity index (χ0n) is 16.9. The number of methoxy groups -OCH3 is 1. The van der Waals surface area contributed by atoms with Crippen molar-refractivity contribution in [1.82, 2.24) is 10.2 Å². The van der Waals surface area contributed by atoms with E-state index in [2.05, 4.69) is 41.7 Å². The molecule has 2 aliphatic rings. The smallest absolute Gasteiger partial charge is 0.317 e. The van der Waals surface area contributed by atoms with Gasteiger partial charge in [0.15, 0.2) is 0 Å². The molecule has 0 radical (unpaired) electrons. The molecule has 6 nitrogen and oxygen atoms in total. The van der Waals surface area contributed by atoms with Crippen molar-refractivity contribution in [3.05, 3.63) is 65.2 Å². The van der Waals surface area contributed by atoms with Crippen molar-refractivity contribution >= 4 is 6.03 Å². The van der Waals surface area contributed by atoms with Crippen molar-refractivity contribution in [1.29, 1.82) is 0 Å². The van der Waals surface area contributed by atoms with Gasteiger partial charge >= 0.3 is 6.03 Å². The van der Waals surface area contributed by atoms with E-state index in [1.807, 2.05) is 17.0 Å². The molecule has 2 aromatic rings. The summed E-state index contributed by atoms with van der Waals surface area (Å²) in [6, 6.07) is 16.4. The maximum atomic E-state index is 11.7. The number of benzene rings is 2. The number of amides is 2. The molecule has 2 heterocycles. The lowest BCUT2D eigenvalue weighted by molar-refractivity contribution is -0.0948. The van der Waals surface area contributed by atoms with Gasteiger partial charge in [-0.3, -0.25) is 0 Å². The number of nitrogens with one attached hydrogen (secondary N) is 1. The van der Waals surface area contributed by atoms with E-state index in [0.29, 0.717) is 26.4 Å². The normalized spacial score (nSPS) is 18.5. The van der Waals surface area contributed by atoms with Crippen molar-refractivity contribution in [2.24, 2.45) is 0 Å². The zero-order chi connectivity index (χ0) is 20.1. The molecule has 6 heteroatoms. The van der Waals surface area contributed by atoms with Crippen molar-refractivity contribution in [2.45, 2.75) is 31.6 Å². The van der Waals surface area contributed by atoms with Gasteiger partial charge < -0.3 is 24.4 Å². The lowest BCUT2D eigenvalue weighted by atomic mass is 9.86. The van der Waals surface area contributed by atoms with Gasteiger partial charge in [-0.1, -0.05) is 36.4 Å². The molecule has 2 aromatic carbocycles. The Bertz CT molecular complexity index is 831. The van der Waals surface area contributed by atoms with Crippen LogP contribution < -0.4 is 10.1 Å². The van der Waals surface area contributed by atoms with Gasteiger partial charge in [-0.05, 0) is 28.8 Å². The molecule has 1 N–H and O–H groups in total. The van der Waals surface area contributed by atoms with Crippen LogP contribution in [0, 0.1) is 0 Å². The number of urea groups is 1. The van der Waals surface area contributed by atoms with Crippen molar-refractivity contribution in [2.75, 3.05) is 33.4 Å². The maximum Gasteiger partial charge on any atom is 0.317 e. The summed E-state index contributed by atoms with van der Waals surface area (Å²) < 4.78 is 17.4. The van der Waals surface area contributed by atoms with Crippen molar-refractivity contribution in [3.8, 4) is 5.75 Å². The Kier molecular flexibility index (Phi) is 6.02. The molecule has 4 rings (SSSR count). The fourth-order valence-corrected chi connectivity index (χ4v) is 3.97. The van der Waals surface area contributed by atoms with Crippen LogP contribution in [-0.2, 0) is 28.2 Å². The minimum absolute atomic E-state index is 0.00986. The van der Waals surface area contributed by atoms with Gasteiger partial charge in [0.1, 0.15) is 12.4 Å². The van der Waals surface area contributed by atoms with Gasteiger partial charge in [-0.15, -0.1) is 0 Å². The summed E-state index contributed by atoms with van der Waals surface area (Å²) in [5, 5.41) is 2.83. The van der Waals surface area contributed by atoms with E-state index in [0.717, 1.165) is 48.4 Å². The predicted molar refractivity (Wildman–Crippen MR) is 110 cm³/mol. The third-order valence-corrected chi connectivity index (χ3v) is 5.80. The monoisotopic (exact) mass is 396 g/mol. The highest BCUT2D eigenvalue weighted by atomic mass is 16.5. The number of ether oxygens (including phenoxy) is 3. The Morgan fingerprint density at radius 3 is 2.55 bits per heavy atom. The molecule has 0 aliphatic carbocycles. The van der Waals surface area contributed by atoms with E-state index in [1.165, 1.54) is 0 Å². The third-order valence-electron chi connectivity index (χ3n) is 5.80. The van der Waals surface area contributed by atoms with E-state index in [1.54, 1.807) is 7.11 Å². The maximum absolute atomic E-state index is 11.7. The largest absolute Gasteiger partial charge is 0.489 e. The van der Waals surface area contributed by atoms with Crippen LogP contribution in [0.25, 0.3) is 0 Å².